The molecule has 3 N–H and O–H groups in total. The van der Waals surface area contributed by atoms with E-state index in [1.54, 1.807) is 29.2 Å². The van der Waals surface area contributed by atoms with E-state index >= 15 is 0 Å². The fourth-order valence-electron chi connectivity index (χ4n) is 3.81. The van der Waals surface area contributed by atoms with E-state index in [9.17, 15) is 14.7 Å². The first-order chi connectivity index (χ1) is 16.3. The second-order valence-electron chi connectivity index (χ2n) is 8.89. The summed E-state index contributed by atoms with van der Waals surface area (Å²) in [6, 6.07) is 28.0. The van der Waals surface area contributed by atoms with Gasteiger partial charge in [-0.05, 0) is 38.5 Å². The van der Waals surface area contributed by atoms with E-state index in [-0.39, 0.29) is 18.4 Å². The Balaban J connectivity index is 0.000000396. The van der Waals surface area contributed by atoms with Crippen molar-refractivity contribution in [1.82, 2.24) is 15.5 Å². The lowest BCUT2D eigenvalue weighted by atomic mass is 10.1. The third-order valence-electron chi connectivity index (χ3n) is 5.73. The van der Waals surface area contributed by atoms with Crippen LogP contribution in [0.25, 0.3) is 0 Å². The first-order valence-corrected chi connectivity index (χ1v) is 11.4. The molecule has 1 saturated heterocycles. The van der Waals surface area contributed by atoms with Gasteiger partial charge in [-0.15, -0.1) is 0 Å². The number of benzene rings is 3. The van der Waals surface area contributed by atoms with Gasteiger partial charge in [0.25, 0.3) is 5.91 Å². The zero-order valence-corrected chi connectivity index (χ0v) is 19.9. The Morgan fingerprint density at radius 2 is 1.50 bits per heavy atom. The summed E-state index contributed by atoms with van der Waals surface area (Å²) >= 11 is 0. The normalized spacial score (nSPS) is 17.5. The Hall–Kier alpha value is -3.48. The number of rotatable bonds is 6. The number of hydrogen-bond donors (Lipinski definition) is 3. The Labute approximate surface area is 201 Å². The molecule has 0 bridgehead atoms. The van der Waals surface area contributed by atoms with Crippen LogP contribution in [0.15, 0.2) is 91.0 Å². The first kappa shape index (κ1) is 25.1. The number of carbonyl (C=O) groups is 2. The summed E-state index contributed by atoms with van der Waals surface area (Å²) in [6.45, 7) is 6.35. The summed E-state index contributed by atoms with van der Waals surface area (Å²) in [5.41, 5.74) is 2.26. The Morgan fingerprint density at radius 3 is 2.03 bits per heavy atom. The van der Waals surface area contributed by atoms with E-state index in [2.05, 4.69) is 29.7 Å². The second-order valence-corrected chi connectivity index (χ2v) is 8.89. The standard InChI is InChI=1S/C21H25N3O3.C7H8/c1-21(2)23-18(20(27)24(21)14-15-9-5-3-6-10-15)17(25)13-22-19(26)16-11-7-4-8-12-16;1-7-5-3-2-4-6-7/h3-12,17-18,23,25H,13-14H2,1-2H3,(H,22,26);2-6H,1H3. The van der Waals surface area contributed by atoms with Gasteiger partial charge in [-0.3, -0.25) is 14.9 Å². The molecule has 3 aromatic carbocycles. The van der Waals surface area contributed by atoms with E-state index in [0.29, 0.717) is 12.1 Å². The number of hydrogen-bond acceptors (Lipinski definition) is 4. The summed E-state index contributed by atoms with van der Waals surface area (Å²) in [4.78, 5) is 26.7. The van der Waals surface area contributed by atoms with Crippen molar-refractivity contribution in [2.75, 3.05) is 6.54 Å². The topological polar surface area (TPSA) is 81.7 Å². The predicted molar refractivity (Wildman–Crippen MR) is 134 cm³/mol. The molecule has 0 spiro atoms. The number of aliphatic hydroxyl groups is 1. The monoisotopic (exact) mass is 459 g/mol. The van der Waals surface area contributed by atoms with Crippen LogP contribution in [0.3, 0.4) is 0 Å². The molecule has 2 atom stereocenters. The highest BCUT2D eigenvalue weighted by Crippen LogP contribution is 2.25. The first-order valence-electron chi connectivity index (χ1n) is 11.4. The summed E-state index contributed by atoms with van der Waals surface area (Å²) < 4.78 is 0. The molecule has 2 unspecified atom stereocenters. The van der Waals surface area contributed by atoms with Crippen LogP contribution >= 0.6 is 0 Å². The van der Waals surface area contributed by atoms with E-state index in [0.717, 1.165) is 5.56 Å². The van der Waals surface area contributed by atoms with Crippen LogP contribution < -0.4 is 10.6 Å². The molecule has 1 heterocycles. The van der Waals surface area contributed by atoms with Gasteiger partial charge in [-0.2, -0.15) is 0 Å². The minimum absolute atomic E-state index is 0.00755. The van der Waals surface area contributed by atoms with Crippen molar-refractivity contribution >= 4 is 11.8 Å². The highest BCUT2D eigenvalue weighted by molar-refractivity contribution is 5.94. The number of aryl methyl sites for hydroxylation is 1. The molecule has 178 valence electrons. The molecule has 0 aromatic heterocycles. The van der Waals surface area contributed by atoms with Gasteiger partial charge in [0.15, 0.2) is 0 Å². The van der Waals surface area contributed by atoms with Gasteiger partial charge in [0.1, 0.15) is 6.04 Å². The summed E-state index contributed by atoms with van der Waals surface area (Å²) in [7, 11) is 0. The Kier molecular flexibility index (Phi) is 8.57. The second kappa shape index (κ2) is 11.6. The molecular weight excluding hydrogens is 426 g/mol. The van der Waals surface area contributed by atoms with Crippen molar-refractivity contribution in [3.63, 3.8) is 0 Å². The molecule has 0 saturated carbocycles. The predicted octanol–water partition coefficient (Wildman–Crippen LogP) is 3.51. The molecule has 0 radical (unpaired) electrons. The van der Waals surface area contributed by atoms with Gasteiger partial charge in [0, 0.05) is 18.7 Å². The molecular formula is C28H33N3O3. The molecule has 1 fully saturated rings. The smallest absolute Gasteiger partial charge is 0.251 e. The summed E-state index contributed by atoms with van der Waals surface area (Å²) in [6.07, 6.45) is -1.02. The minimum Gasteiger partial charge on any atom is -0.389 e. The third kappa shape index (κ3) is 6.76. The summed E-state index contributed by atoms with van der Waals surface area (Å²) in [5, 5.41) is 16.4. The van der Waals surface area contributed by atoms with Crippen LogP contribution in [-0.2, 0) is 11.3 Å². The van der Waals surface area contributed by atoms with Gasteiger partial charge in [-0.25, -0.2) is 0 Å². The van der Waals surface area contributed by atoms with Crippen molar-refractivity contribution in [3.8, 4) is 0 Å². The highest BCUT2D eigenvalue weighted by Gasteiger charge is 2.46. The van der Waals surface area contributed by atoms with Gasteiger partial charge in [-0.1, -0.05) is 84.4 Å². The number of nitrogens with zero attached hydrogens (tertiary/aromatic N) is 1. The molecule has 6 nitrogen and oxygen atoms in total. The van der Waals surface area contributed by atoms with E-state index in [1.807, 2.05) is 68.4 Å². The highest BCUT2D eigenvalue weighted by atomic mass is 16.3. The molecule has 1 aliphatic rings. The molecule has 34 heavy (non-hydrogen) atoms. The lowest BCUT2D eigenvalue weighted by Gasteiger charge is -2.31. The third-order valence-corrected chi connectivity index (χ3v) is 5.73. The molecule has 1 aliphatic heterocycles. The zero-order valence-electron chi connectivity index (χ0n) is 19.9. The van der Waals surface area contributed by atoms with Gasteiger partial charge < -0.3 is 15.3 Å². The largest absolute Gasteiger partial charge is 0.389 e. The van der Waals surface area contributed by atoms with Gasteiger partial charge >= 0.3 is 0 Å². The van der Waals surface area contributed by atoms with Gasteiger partial charge in [0.05, 0.1) is 11.8 Å². The number of aliphatic hydroxyl groups excluding tert-OH is 1. The number of carbonyl (C=O) groups excluding carboxylic acids is 2. The number of nitrogens with one attached hydrogen (secondary N) is 2. The Bertz CT molecular complexity index is 1060. The lowest BCUT2D eigenvalue weighted by Crippen LogP contribution is -2.50. The lowest BCUT2D eigenvalue weighted by molar-refractivity contribution is -0.133. The number of amides is 2. The maximum Gasteiger partial charge on any atom is 0.251 e. The van der Waals surface area contributed by atoms with Crippen LogP contribution in [0.2, 0.25) is 0 Å². The van der Waals surface area contributed by atoms with Crippen molar-refractivity contribution in [3.05, 3.63) is 108 Å². The van der Waals surface area contributed by atoms with E-state index in [1.165, 1.54) is 5.56 Å². The maximum atomic E-state index is 12.9. The zero-order chi connectivity index (χ0) is 24.6. The van der Waals surface area contributed by atoms with Crippen LogP contribution in [-0.4, -0.2) is 46.2 Å². The van der Waals surface area contributed by atoms with E-state index in [4.69, 9.17) is 0 Å². The van der Waals surface area contributed by atoms with Crippen molar-refractivity contribution < 1.29 is 14.7 Å². The molecule has 4 rings (SSSR count). The molecule has 2 amide bonds. The van der Waals surface area contributed by atoms with Gasteiger partial charge in [0.2, 0.25) is 5.91 Å². The average molecular weight is 460 g/mol. The molecule has 6 heteroatoms. The average Bonchev–Trinajstić information content (AvgIpc) is 3.08. The molecule has 0 aliphatic carbocycles. The Morgan fingerprint density at radius 1 is 0.971 bits per heavy atom. The fraction of sp³-hybridized carbons (Fsp3) is 0.286. The van der Waals surface area contributed by atoms with Crippen molar-refractivity contribution in [2.24, 2.45) is 0 Å². The van der Waals surface area contributed by atoms with Crippen LogP contribution in [0, 0.1) is 6.92 Å². The maximum absolute atomic E-state index is 12.9. The SMILES string of the molecule is CC1(C)NC(C(O)CNC(=O)c2ccccc2)C(=O)N1Cc1ccccc1.Cc1ccccc1. The van der Waals surface area contributed by atoms with Crippen molar-refractivity contribution in [1.29, 1.82) is 0 Å². The van der Waals surface area contributed by atoms with Crippen LogP contribution in [0.5, 0.6) is 0 Å². The molecule has 3 aromatic rings. The quantitative estimate of drug-likeness (QED) is 0.527. The van der Waals surface area contributed by atoms with E-state index < -0.39 is 17.8 Å². The van der Waals surface area contributed by atoms with Crippen LogP contribution in [0.1, 0.15) is 35.3 Å². The van der Waals surface area contributed by atoms with Crippen LogP contribution in [0.4, 0.5) is 0 Å². The summed E-state index contributed by atoms with van der Waals surface area (Å²) in [5.74, 6) is -0.453. The van der Waals surface area contributed by atoms with Crippen molar-refractivity contribution in [2.45, 2.75) is 45.1 Å². The minimum atomic E-state index is -1.02. The fourth-order valence-corrected chi connectivity index (χ4v) is 3.81.